The maximum absolute atomic E-state index is 10.3. The Morgan fingerprint density at radius 3 is 2.55 bits per heavy atom. The minimum atomic E-state index is -0.718. The van der Waals surface area contributed by atoms with Gasteiger partial charge in [-0.15, -0.1) is 0 Å². The van der Waals surface area contributed by atoms with Gasteiger partial charge in [-0.3, -0.25) is 4.79 Å². The van der Waals surface area contributed by atoms with Gasteiger partial charge in [0.2, 0.25) is 0 Å². The van der Waals surface area contributed by atoms with E-state index in [2.05, 4.69) is 42.8 Å². The van der Waals surface area contributed by atoms with E-state index in [0.717, 1.165) is 38.5 Å². The number of carboxylic acids is 1. The first-order chi connectivity index (χ1) is 9.77. The van der Waals surface area contributed by atoms with E-state index in [9.17, 15) is 4.79 Å². The molecule has 0 fully saturated rings. The molecular formula is C18H26O2. The third kappa shape index (κ3) is 16.3. The lowest BCUT2D eigenvalue weighted by Gasteiger charge is -1.92. The van der Waals surface area contributed by atoms with E-state index >= 15 is 0 Å². The monoisotopic (exact) mass is 274 g/mol. The van der Waals surface area contributed by atoms with Crippen molar-refractivity contribution in [2.24, 2.45) is 0 Å². The van der Waals surface area contributed by atoms with Crippen molar-refractivity contribution in [3.63, 3.8) is 0 Å². The number of aliphatic carboxylic acids is 1. The zero-order valence-corrected chi connectivity index (χ0v) is 12.6. The smallest absolute Gasteiger partial charge is 0.303 e. The highest BCUT2D eigenvalue weighted by molar-refractivity contribution is 5.66. The molecule has 1 N–H and O–H groups in total. The third-order valence-electron chi connectivity index (χ3n) is 2.79. The molecule has 0 aromatic rings. The van der Waals surface area contributed by atoms with E-state index in [1.165, 1.54) is 19.3 Å². The van der Waals surface area contributed by atoms with Crippen molar-refractivity contribution in [3.8, 4) is 23.7 Å². The van der Waals surface area contributed by atoms with Crippen molar-refractivity contribution in [1.29, 1.82) is 0 Å². The van der Waals surface area contributed by atoms with E-state index in [0.29, 0.717) is 0 Å². The fourth-order valence-corrected chi connectivity index (χ4v) is 1.64. The molecule has 0 atom stereocenters. The van der Waals surface area contributed by atoms with Crippen molar-refractivity contribution in [3.05, 3.63) is 12.2 Å². The van der Waals surface area contributed by atoms with Crippen molar-refractivity contribution in [2.45, 2.75) is 71.1 Å². The van der Waals surface area contributed by atoms with E-state index < -0.39 is 5.97 Å². The quantitative estimate of drug-likeness (QED) is 0.360. The summed E-state index contributed by atoms with van der Waals surface area (Å²) in [5.74, 6) is 11.0. The Labute approximate surface area is 123 Å². The summed E-state index contributed by atoms with van der Waals surface area (Å²) in [5.41, 5.74) is 0. The van der Waals surface area contributed by atoms with Crippen LogP contribution in [0.2, 0.25) is 0 Å². The summed E-state index contributed by atoms with van der Waals surface area (Å²) in [5, 5.41) is 8.47. The van der Waals surface area contributed by atoms with Crippen molar-refractivity contribution in [2.75, 3.05) is 0 Å². The molecular weight excluding hydrogens is 248 g/mol. The minimum Gasteiger partial charge on any atom is -0.481 e. The lowest BCUT2D eigenvalue weighted by atomic mass is 10.1. The fourth-order valence-electron chi connectivity index (χ4n) is 1.64. The number of rotatable bonds is 10. The van der Waals surface area contributed by atoms with Crippen LogP contribution in [0, 0.1) is 23.7 Å². The molecule has 0 saturated carbocycles. The van der Waals surface area contributed by atoms with Crippen molar-refractivity contribution in [1.82, 2.24) is 0 Å². The Morgan fingerprint density at radius 1 is 1.00 bits per heavy atom. The second kappa shape index (κ2) is 15.4. The van der Waals surface area contributed by atoms with Gasteiger partial charge >= 0.3 is 5.97 Å². The van der Waals surface area contributed by atoms with Crippen LogP contribution in [0.15, 0.2) is 12.2 Å². The van der Waals surface area contributed by atoms with Crippen LogP contribution in [-0.4, -0.2) is 11.1 Å². The molecule has 20 heavy (non-hydrogen) atoms. The van der Waals surface area contributed by atoms with Gasteiger partial charge in [0, 0.05) is 19.3 Å². The Hall–Kier alpha value is -1.67. The normalized spacial score (nSPS) is 9.65. The van der Waals surface area contributed by atoms with E-state index in [-0.39, 0.29) is 6.42 Å². The highest BCUT2D eigenvalue weighted by Gasteiger charge is 1.94. The molecule has 0 aromatic carbocycles. The van der Waals surface area contributed by atoms with Gasteiger partial charge in [-0.1, -0.05) is 50.2 Å². The largest absolute Gasteiger partial charge is 0.481 e. The number of unbranched alkanes of at least 4 members (excludes halogenated alkanes) is 6. The maximum Gasteiger partial charge on any atom is 0.303 e. The average Bonchev–Trinajstić information content (AvgIpc) is 2.43. The Morgan fingerprint density at radius 2 is 1.80 bits per heavy atom. The van der Waals surface area contributed by atoms with E-state index in [1.807, 2.05) is 0 Å². The predicted octanol–water partition coefficient (Wildman–Crippen LogP) is 4.55. The lowest BCUT2D eigenvalue weighted by molar-refractivity contribution is -0.137. The van der Waals surface area contributed by atoms with Gasteiger partial charge in [0.25, 0.3) is 0 Å². The molecule has 0 heterocycles. The fraction of sp³-hybridized carbons (Fsp3) is 0.611. The van der Waals surface area contributed by atoms with Crippen LogP contribution < -0.4 is 0 Å². The van der Waals surface area contributed by atoms with Crippen molar-refractivity contribution >= 4 is 5.97 Å². The van der Waals surface area contributed by atoms with Crippen LogP contribution in [-0.2, 0) is 4.79 Å². The summed E-state index contributed by atoms with van der Waals surface area (Å²) in [7, 11) is 0. The van der Waals surface area contributed by atoms with Crippen LogP contribution in [0.25, 0.3) is 0 Å². The topological polar surface area (TPSA) is 37.3 Å². The molecule has 0 aliphatic carbocycles. The number of carbonyl (C=O) groups is 1. The molecule has 0 saturated heterocycles. The SMILES string of the molecule is CCCCCC=CCC#CC#CCCCCCC(=O)O. The van der Waals surface area contributed by atoms with E-state index in [1.54, 1.807) is 0 Å². The molecule has 0 bridgehead atoms. The van der Waals surface area contributed by atoms with Gasteiger partial charge < -0.3 is 5.11 Å². The molecule has 0 radical (unpaired) electrons. The first-order valence-corrected chi connectivity index (χ1v) is 7.60. The molecule has 0 amide bonds. The molecule has 2 nitrogen and oxygen atoms in total. The highest BCUT2D eigenvalue weighted by atomic mass is 16.4. The van der Waals surface area contributed by atoms with Gasteiger partial charge in [-0.25, -0.2) is 0 Å². The lowest BCUT2D eigenvalue weighted by Crippen LogP contribution is -1.93. The molecule has 0 aliphatic rings. The molecule has 2 heteroatoms. The molecule has 0 unspecified atom stereocenters. The van der Waals surface area contributed by atoms with Gasteiger partial charge in [-0.05, 0) is 37.5 Å². The molecule has 0 rings (SSSR count). The summed E-state index contributed by atoms with van der Waals surface area (Å²) in [6.07, 6.45) is 13.8. The summed E-state index contributed by atoms with van der Waals surface area (Å²) >= 11 is 0. The summed E-state index contributed by atoms with van der Waals surface area (Å²) in [4.78, 5) is 10.3. The Kier molecular flexibility index (Phi) is 14.1. The Bertz CT molecular complexity index is 385. The molecule has 0 aliphatic heterocycles. The van der Waals surface area contributed by atoms with Crippen LogP contribution in [0.4, 0.5) is 0 Å². The highest BCUT2D eigenvalue weighted by Crippen LogP contribution is 2.02. The van der Waals surface area contributed by atoms with Crippen LogP contribution in [0.3, 0.4) is 0 Å². The second-order valence-electron chi connectivity index (χ2n) is 4.73. The number of hydrogen-bond acceptors (Lipinski definition) is 1. The summed E-state index contributed by atoms with van der Waals surface area (Å²) in [6.45, 7) is 2.21. The summed E-state index contributed by atoms with van der Waals surface area (Å²) in [6, 6.07) is 0. The van der Waals surface area contributed by atoms with Crippen LogP contribution >= 0.6 is 0 Å². The molecule has 110 valence electrons. The van der Waals surface area contributed by atoms with Gasteiger partial charge in [0.1, 0.15) is 0 Å². The minimum absolute atomic E-state index is 0.262. The zero-order chi connectivity index (χ0) is 14.9. The predicted molar refractivity (Wildman–Crippen MR) is 84.2 cm³/mol. The van der Waals surface area contributed by atoms with Crippen LogP contribution in [0.5, 0.6) is 0 Å². The van der Waals surface area contributed by atoms with Gasteiger partial charge in [-0.2, -0.15) is 0 Å². The number of allylic oxidation sites excluding steroid dienone is 2. The van der Waals surface area contributed by atoms with Crippen LogP contribution in [0.1, 0.15) is 71.1 Å². The van der Waals surface area contributed by atoms with E-state index in [4.69, 9.17) is 5.11 Å². The standard InChI is InChI=1S/C18H26O2/c1-2-3-4-5-6-7-8-9-10-11-12-13-14-15-16-17-18(19)20/h6-7H,2-5,8,13-17H2,1H3,(H,19,20). The van der Waals surface area contributed by atoms with Crippen molar-refractivity contribution < 1.29 is 9.90 Å². The summed E-state index contributed by atoms with van der Waals surface area (Å²) < 4.78 is 0. The van der Waals surface area contributed by atoms with Gasteiger partial charge in [0.15, 0.2) is 0 Å². The molecule has 0 aromatic heterocycles. The first kappa shape index (κ1) is 18.3. The molecule has 0 spiro atoms. The first-order valence-electron chi connectivity index (χ1n) is 7.60. The average molecular weight is 274 g/mol. The Balaban J connectivity index is 3.43. The third-order valence-corrected chi connectivity index (χ3v) is 2.79. The van der Waals surface area contributed by atoms with Gasteiger partial charge in [0.05, 0.1) is 0 Å². The second-order valence-corrected chi connectivity index (χ2v) is 4.73. The maximum atomic E-state index is 10.3. The zero-order valence-electron chi connectivity index (χ0n) is 12.6. The number of hydrogen-bond donors (Lipinski definition) is 1. The number of carboxylic acid groups (broad SMARTS) is 1.